The summed E-state index contributed by atoms with van der Waals surface area (Å²) < 4.78 is 5.35. The van der Waals surface area contributed by atoms with Gasteiger partial charge in [-0.2, -0.15) is 0 Å². The highest BCUT2D eigenvalue weighted by molar-refractivity contribution is 6.05. The van der Waals surface area contributed by atoms with Gasteiger partial charge in [-0.25, -0.2) is 0 Å². The number of furan rings is 1. The number of rotatable bonds is 3. The number of nitrogens with one attached hydrogen (secondary N) is 1. The first-order valence-electron chi connectivity index (χ1n) is 6.21. The molecule has 4 heteroatoms. The van der Waals surface area contributed by atoms with Crippen molar-refractivity contribution in [1.29, 1.82) is 0 Å². The summed E-state index contributed by atoms with van der Waals surface area (Å²) in [6, 6.07) is 9.21. The van der Waals surface area contributed by atoms with Crippen molar-refractivity contribution < 1.29 is 9.21 Å². The molecule has 2 rings (SSSR count). The second-order valence-corrected chi connectivity index (χ2v) is 4.70. The zero-order chi connectivity index (χ0) is 14.0. The number of benzene rings is 1. The third kappa shape index (κ3) is 3.03. The molecule has 0 aliphatic heterocycles. The quantitative estimate of drug-likeness (QED) is 0.888. The highest BCUT2D eigenvalue weighted by Gasteiger charge is 2.13. The molecule has 0 radical (unpaired) electrons. The van der Waals surface area contributed by atoms with Crippen LogP contribution < -0.4 is 11.1 Å². The normalized spacial score (nSPS) is 12.2. The Balaban J connectivity index is 2.19. The van der Waals surface area contributed by atoms with Crippen molar-refractivity contribution in [3.05, 3.63) is 53.0 Å². The maximum Gasteiger partial charge on any atom is 0.259 e. The maximum atomic E-state index is 12.1. The van der Waals surface area contributed by atoms with Crippen molar-refractivity contribution in [2.45, 2.75) is 26.8 Å². The summed E-state index contributed by atoms with van der Waals surface area (Å²) in [5.41, 5.74) is 8.10. The fraction of sp³-hybridized carbons (Fsp3) is 0.267. The van der Waals surface area contributed by atoms with Crippen LogP contribution in [0.1, 0.15) is 40.4 Å². The molecule has 3 N–H and O–H groups in total. The van der Waals surface area contributed by atoms with E-state index >= 15 is 0 Å². The van der Waals surface area contributed by atoms with Gasteiger partial charge in [0.05, 0.1) is 5.56 Å². The van der Waals surface area contributed by atoms with E-state index in [-0.39, 0.29) is 11.9 Å². The van der Waals surface area contributed by atoms with Crippen LogP contribution in [0.2, 0.25) is 0 Å². The highest BCUT2D eigenvalue weighted by atomic mass is 16.3. The summed E-state index contributed by atoms with van der Waals surface area (Å²) in [5.74, 6) is 1.18. The Morgan fingerprint density at radius 3 is 2.63 bits per heavy atom. The monoisotopic (exact) mass is 258 g/mol. The first-order chi connectivity index (χ1) is 8.97. The third-order valence-corrected chi connectivity index (χ3v) is 2.96. The van der Waals surface area contributed by atoms with Crippen molar-refractivity contribution in [3.8, 4) is 0 Å². The summed E-state index contributed by atoms with van der Waals surface area (Å²) in [4.78, 5) is 12.1. The van der Waals surface area contributed by atoms with E-state index < -0.39 is 0 Å². The molecule has 0 spiro atoms. The Hall–Kier alpha value is -2.07. The number of aryl methyl sites for hydroxylation is 2. The molecule has 2 aromatic rings. The van der Waals surface area contributed by atoms with Crippen molar-refractivity contribution in [3.63, 3.8) is 0 Å². The fourth-order valence-electron chi connectivity index (χ4n) is 1.95. The molecule has 1 aromatic carbocycles. The van der Waals surface area contributed by atoms with Gasteiger partial charge < -0.3 is 15.5 Å². The molecular weight excluding hydrogens is 240 g/mol. The first-order valence-corrected chi connectivity index (χ1v) is 6.21. The van der Waals surface area contributed by atoms with E-state index in [1.165, 1.54) is 0 Å². The molecule has 1 unspecified atom stereocenters. The van der Waals surface area contributed by atoms with Crippen LogP contribution in [0, 0.1) is 13.8 Å². The summed E-state index contributed by atoms with van der Waals surface area (Å²) in [6.45, 7) is 5.51. The Kier molecular flexibility index (Phi) is 3.71. The molecule has 0 saturated carbocycles. The molecule has 0 bridgehead atoms. The highest BCUT2D eigenvalue weighted by Crippen LogP contribution is 2.18. The van der Waals surface area contributed by atoms with Crippen LogP contribution in [0.4, 0.5) is 5.69 Å². The van der Waals surface area contributed by atoms with Gasteiger partial charge in [0.2, 0.25) is 0 Å². The fourth-order valence-corrected chi connectivity index (χ4v) is 1.95. The van der Waals surface area contributed by atoms with Crippen LogP contribution in [0.3, 0.4) is 0 Å². The van der Waals surface area contributed by atoms with Crippen molar-refractivity contribution in [2.75, 3.05) is 5.32 Å². The van der Waals surface area contributed by atoms with Crippen LogP contribution in [-0.4, -0.2) is 5.91 Å². The van der Waals surface area contributed by atoms with E-state index in [1.54, 1.807) is 13.0 Å². The number of amides is 1. The minimum atomic E-state index is -0.170. The Morgan fingerprint density at radius 1 is 1.32 bits per heavy atom. The predicted molar refractivity (Wildman–Crippen MR) is 75.2 cm³/mol. The summed E-state index contributed by atoms with van der Waals surface area (Å²) >= 11 is 0. The smallest absolute Gasteiger partial charge is 0.259 e. The molecule has 0 aliphatic carbocycles. The second kappa shape index (κ2) is 5.28. The number of carbonyl (C=O) groups excluding carboxylic acids is 1. The van der Waals surface area contributed by atoms with Crippen LogP contribution in [-0.2, 0) is 0 Å². The van der Waals surface area contributed by atoms with Gasteiger partial charge in [0.1, 0.15) is 11.5 Å². The summed E-state index contributed by atoms with van der Waals surface area (Å²) in [5, 5.41) is 2.85. The Labute approximate surface area is 112 Å². The first kappa shape index (κ1) is 13.4. The van der Waals surface area contributed by atoms with E-state index in [2.05, 4.69) is 5.32 Å². The topological polar surface area (TPSA) is 68.3 Å². The van der Waals surface area contributed by atoms with Gasteiger partial charge in [0, 0.05) is 11.7 Å². The molecule has 4 nitrogen and oxygen atoms in total. The molecule has 1 aromatic heterocycles. The average molecular weight is 258 g/mol. The lowest BCUT2D eigenvalue weighted by Gasteiger charge is -2.09. The van der Waals surface area contributed by atoms with Gasteiger partial charge in [0.15, 0.2) is 0 Å². The van der Waals surface area contributed by atoms with E-state index in [4.69, 9.17) is 10.2 Å². The lowest BCUT2D eigenvalue weighted by atomic mass is 10.1. The van der Waals surface area contributed by atoms with Gasteiger partial charge in [-0.05, 0) is 44.5 Å². The zero-order valence-electron chi connectivity index (χ0n) is 11.4. The van der Waals surface area contributed by atoms with E-state index in [0.29, 0.717) is 11.3 Å². The van der Waals surface area contributed by atoms with Crippen molar-refractivity contribution >= 4 is 11.6 Å². The minimum absolute atomic E-state index is 0.0604. The molecule has 0 saturated heterocycles. The number of hydrogen-bond donors (Lipinski definition) is 2. The van der Waals surface area contributed by atoms with Crippen LogP contribution >= 0.6 is 0 Å². The Morgan fingerprint density at radius 2 is 2.05 bits per heavy atom. The lowest BCUT2D eigenvalue weighted by Crippen LogP contribution is -2.13. The van der Waals surface area contributed by atoms with Crippen LogP contribution in [0.15, 0.2) is 34.7 Å². The molecule has 100 valence electrons. The SMILES string of the molecule is Cc1cc(C(=O)Nc2cccc(C(C)N)c2)c(C)o1. The van der Waals surface area contributed by atoms with Gasteiger partial charge in [-0.15, -0.1) is 0 Å². The van der Waals surface area contributed by atoms with Crippen LogP contribution in [0.5, 0.6) is 0 Å². The summed E-state index contributed by atoms with van der Waals surface area (Å²) in [6.07, 6.45) is 0. The summed E-state index contributed by atoms with van der Waals surface area (Å²) in [7, 11) is 0. The van der Waals surface area contributed by atoms with Gasteiger partial charge in [0.25, 0.3) is 5.91 Å². The van der Waals surface area contributed by atoms with Crippen molar-refractivity contribution in [1.82, 2.24) is 0 Å². The van der Waals surface area contributed by atoms with Crippen molar-refractivity contribution in [2.24, 2.45) is 5.73 Å². The molecule has 1 heterocycles. The van der Waals surface area contributed by atoms with Gasteiger partial charge in [-0.3, -0.25) is 4.79 Å². The number of carbonyl (C=O) groups is 1. The molecule has 19 heavy (non-hydrogen) atoms. The molecular formula is C15H18N2O2. The molecule has 1 atom stereocenters. The Bertz CT molecular complexity index is 600. The van der Waals surface area contributed by atoms with Crippen LogP contribution in [0.25, 0.3) is 0 Å². The number of anilines is 1. The van der Waals surface area contributed by atoms with E-state index in [0.717, 1.165) is 17.0 Å². The predicted octanol–water partition coefficient (Wildman–Crippen LogP) is 3.17. The lowest BCUT2D eigenvalue weighted by molar-refractivity contribution is 0.102. The molecule has 0 aliphatic rings. The number of nitrogens with two attached hydrogens (primary N) is 1. The molecule has 0 fully saturated rings. The van der Waals surface area contributed by atoms with E-state index in [9.17, 15) is 4.79 Å². The average Bonchev–Trinajstić information content (AvgIpc) is 2.69. The van der Waals surface area contributed by atoms with E-state index in [1.807, 2.05) is 38.1 Å². The molecule has 1 amide bonds. The second-order valence-electron chi connectivity index (χ2n) is 4.70. The largest absolute Gasteiger partial charge is 0.466 e. The van der Waals surface area contributed by atoms with Gasteiger partial charge >= 0.3 is 0 Å². The third-order valence-electron chi connectivity index (χ3n) is 2.96. The maximum absolute atomic E-state index is 12.1. The number of hydrogen-bond acceptors (Lipinski definition) is 3. The van der Waals surface area contributed by atoms with Gasteiger partial charge in [-0.1, -0.05) is 12.1 Å². The minimum Gasteiger partial charge on any atom is -0.466 e. The standard InChI is InChI=1S/C15H18N2O2/c1-9-7-14(11(3)19-9)15(18)17-13-6-4-5-12(8-13)10(2)16/h4-8,10H,16H2,1-3H3,(H,17,18). The zero-order valence-corrected chi connectivity index (χ0v) is 11.4.